The molecule has 0 aromatic heterocycles. The van der Waals surface area contributed by atoms with E-state index in [4.69, 9.17) is 0 Å². The first-order valence-corrected chi connectivity index (χ1v) is 9.37. The zero-order valence-corrected chi connectivity index (χ0v) is 13.8. The Balaban J connectivity index is 1.79. The molecular weight excluding hydrogens is 276 g/mol. The predicted molar refractivity (Wildman–Crippen MR) is 92.9 cm³/mol. The molecule has 21 heavy (non-hydrogen) atoms. The number of nitrogens with one attached hydrogen (secondary N) is 1. The predicted octanol–water partition coefficient (Wildman–Crippen LogP) is 3.64. The van der Waals surface area contributed by atoms with E-state index in [0.29, 0.717) is 0 Å². The first-order valence-electron chi connectivity index (χ1n) is 8.15. The monoisotopic (exact) mass is 302 g/mol. The molecule has 1 aliphatic carbocycles. The first-order chi connectivity index (χ1) is 10.4. The van der Waals surface area contributed by atoms with E-state index < -0.39 is 0 Å². The van der Waals surface area contributed by atoms with Gasteiger partial charge in [-0.2, -0.15) is 0 Å². The van der Waals surface area contributed by atoms with Crippen LogP contribution in [0.5, 0.6) is 0 Å². The molecule has 1 aliphatic heterocycles. The van der Waals surface area contributed by atoms with Crippen LogP contribution < -0.4 is 5.32 Å². The van der Waals surface area contributed by atoms with Crippen LogP contribution in [-0.4, -0.2) is 43.9 Å². The average molecular weight is 302 g/mol. The van der Waals surface area contributed by atoms with E-state index >= 15 is 0 Å². The summed E-state index contributed by atoms with van der Waals surface area (Å²) in [5.74, 6) is 0. The van der Waals surface area contributed by atoms with Crippen LogP contribution in [0, 0.1) is 0 Å². The second-order valence-corrected chi connectivity index (χ2v) is 6.92. The van der Waals surface area contributed by atoms with Gasteiger partial charge >= 0.3 is 0 Å². The Hall–Kier alpha value is -0.770. The van der Waals surface area contributed by atoms with Crippen molar-refractivity contribution in [2.24, 2.45) is 0 Å². The summed E-state index contributed by atoms with van der Waals surface area (Å²) in [5, 5.41) is 3.45. The van der Waals surface area contributed by atoms with Crippen LogP contribution in [0.25, 0.3) is 5.57 Å². The van der Waals surface area contributed by atoms with Gasteiger partial charge in [-0.3, -0.25) is 4.90 Å². The molecule has 0 unspecified atom stereocenters. The maximum absolute atomic E-state index is 3.45. The van der Waals surface area contributed by atoms with E-state index in [1.165, 1.54) is 55.8 Å². The van der Waals surface area contributed by atoms with Gasteiger partial charge in [-0.15, -0.1) is 11.8 Å². The van der Waals surface area contributed by atoms with Crippen molar-refractivity contribution in [1.82, 2.24) is 10.2 Å². The van der Waals surface area contributed by atoms with Crippen molar-refractivity contribution in [3.8, 4) is 0 Å². The summed E-state index contributed by atoms with van der Waals surface area (Å²) in [7, 11) is 0. The minimum Gasteiger partial charge on any atom is -0.314 e. The number of rotatable bonds is 4. The summed E-state index contributed by atoms with van der Waals surface area (Å²) in [6, 6.07) is 9.18. The molecule has 2 aliphatic rings. The number of nitrogens with zero attached hydrogens (tertiary/aromatic N) is 1. The van der Waals surface area contributed by atoms with Gasteiger partial charge in [0.15, 0.2) is 0 Å². The van der Waals surface area contributed by atoms with Gasteiger partial charge in [-0.25, -0.2) is 0 Å². The highest BCUT2D eigenvalue weighted by atomic mass is 32.2. The Labute approximate surface area is 133 Å². The molecule has 1 heterocycles. The lowest BCUT2D eigenvalue weighted by Gasteiger charge is -2.31. The summed E-state index contributed by atoms with van der Waals surface area (Å²) in [5.41, 5.74) is 4.78. The van der Waals surface area contributed by atoms with E-state index in [1.807, 2.05) is 11.8 Å². The maximum Gasteiger partial charge on any atom is 0.0200 e. The zero-order valence-electron chi connectivity index (χ0n) is 13.0. The third-order valence-electron chi connectivity index (χ3n) is 4.64. The van der Waals surface area contributed by atoms with Gasteiger partial charge in [-0.1, -0.05) is 17.7 Å². The molecule has 1 aromatic carbocycles. The first kappa shape index (κ1) is 15.1. The van der Waals surface area contributed by atoms with Gasteiger partial charge in [-0.05, 0) is 55.2 Å². The molecule has 0 amide bonds. The van der Waals surface area contributed by atoms with E-state index in [2.05, 4.69) is 40.7 Å². The van der Waals surface area contributed by atoms with E-state index in [1.54, 1.807) is 11.1 Å². The van der Waals surface area contributed by atoms with Gasteiger partial charge in [0, 0.05) is 37.6 Å². The van der Waals surface area contributed by atoms with Crippen molar-refractivity contribution >= 4 is 17.3 Å². The van der Waals surface area contributed by atoms with Crippen LogP contribution in [0.15, 0.2) is 34.7 Å². The zero-order chi connectivity index (χ0) is 14.5. The standard InChI is InChI=1S/C18H26N2S/c1-21-17-8-6-15(7-9-17)18-5-3-2-4-16(18)14-20-12-10-19-11-13-20/h6-9,19H,2-5,10-14H2,1H3. The summed E-state index contributed by atoms with van der Waals surface area (Å²) >= 11 is 1.82. The van der Waals surface area contributed by atoms with Crippen molar-refractivity contribution in [1.29, 1.82) is 0 Å². The van der Waals surface area contributed by atoms with Crippen molar-refractivity contribution in [2.45, 2.75) is 30.6 Å². The Kier molecular flexibility index (Phi) is 5.39. The number of thioether (sulfide) groups is 1. The summed E-state index contributed by atoms with van der Waals surface area (Å²) in [6.07, 6.45) is 7.42. The average Bonchev–Trinajstić information content (AvgIpc) is 2.56. The lowest BCUT2D eigenvalue weighted by molar-refractivity contribution is 0.257. The largest absolute Gasteiger partial charge is 0.314 e. The van der Waals surface area contributed by atoms with Gasteiger partial charge < -0.3 is 5.32 Å². The highest BCUT2D eigenvalue weighted by Crippen LogP contribution is 2.33. The molecule has 114 valence electrons. The van der Waals surface area contributed by atoms with Crippen molar-refractivity contribution < 1.29 is 0 Å². The SMILES string of the molecule is CSc1ccc(C2=C(CN3CCNCC3)CCCC2)cc1. The number of piperazine rings is 1. The van der Waals surface area contributed by atoms with Crippen LogP contribution in [0.2, 0.25) is 0 Å². The van der Waals surface area contributed by atoms with Crippen LogP contribution in [0.3, 0.4) is 0 Å². The molecule has 2 nitrogen and oxygen atoms in total. The Morgan fingerprint density at radius 1 is 1.05 bits per heavy atom. The molecule has 3 rings (SSSR count). The fraction of sp³-hybridized carbons (Fsp3) is 0.556. The van der Waals surface area contributed by atoms with Crippen molar-refractivity contribution in [3.05, 3.63) is 35.4 Å². The van der Waals surface area contributed by atoms with Crippen molar-refractivity contribution in [3.63, 3.8) is 0 Å². The second-order valence-electron chi connectivity index (χ2n) is 6.04. The number of hydrogen-bond acceptors (Lipinski definition) is 3. The molecular formula is C18H26N2S. The Morgan fingerprint density at radius 2 is 1.76 bits per heavy atom. The second kappa shape index (κ2) is 7.48. The molecule has 1 fully saturated rings. The van der Waals surface area contributed by atoms with Gasteiger partial charge in [0.1, 0.15) is 0 Å². The summed E-state index contributed by atoms with van der Waals surface area (Å²) in [6.45, 7) is 5.86. The highest BCUT2D eigenvalue weighted by molar-refractivity contribution is 7.98. The van der Waals surface area contributed by atoms with Gasteiger partial charge in [0.25, 0.3) is 0 Å². The summed E-state index contributed by atoms with van der Waals surface area (Å²) in [4.78, 5) is 3.98. The smallest absolute Gasteiger partial charge is 0.0200 e. The van der Waals surface area contributed by atoms with E-state index in [9.17, 15) is 0 Å². The Morgan fingerprint density at radius 3 is 2.48 bits per heavy atom. The number of hydrogen-bond donors (Lipinski definition) is 1. The lowest BCUT2D eigenvalue weighted by atomic mass is 9.87. The van der Waals surface area contributed by atoms with Crippen LogP contribution in [0.4, 0.5) is 0 Å². The Bertz CT molecular complexity index is 486. The topological polar surface area (TPSA) is 15.3 Å². The molecule has 3 heteroatoms. The van der Waals surface area contributed by atoms with Gasteiger partial charge in [0.2, 0.25) is 0 Å². The lowest BCUT2D eigenvalue weighted by Crippen LogP contribution is -2.44. The van der Waals surface area contributed by atoms with Crippen molar-refractivity contribution in [2.75, 3.05) is 39.0 Å². The minimum absolute atomic E-state index is 1.14. The molecule has 0 atom stereocenters. The quantitative estimate of drug-likeness (QED) is 0.855. The molecule has 1 aromatic rings. The number of allylic oxidation sites excluding steroid dienone is 1. The molecule has 0 spiro atoms. The van der Waals surface area contributed by atoms with Gasteiger partial charge in [0.05, 0.1) is 0 Å². The normalized spacial score (nSPS) is 20.8. The fourth-order valence-electron chi connectivity index (χ4n) is 3.42. The van der Waals surface area contributed by atoms with Crippen LogP contribution in [-0.2, 0) is 0 Å². The molecule has 0 saturated carbocycles. The summed E-state index contributed by atoms with van der Waals surface area (Å²) < 4.78 is 0. The third kappa shape index (κ3) is 3.91. The van der Waals surface area contributed by atoms with E-state index in [-0.39, 0.29) is 0 Å². The number of benzene rings is 1. The fourth-order valence-corrected chi connectivity index (χ4v) is 3.83. The van der Waals surface area contributed by atoms with E-state index in [0.717, 1.165) is 13.1 Å². The highest BCUT2D eigenvalue weighted by Gasteiger charge is 2.18. The molecule has 1 saturated heterocycles. The maximum atomic E-state index is 3.45. The molecule has 0 radical (unpaired) electrons. The van der Waals surface area contributed by atoms with Crippen LogP contribution >= 0.6 is 11.8 Å². The molecule has 0 bridgehead atoms. The molecule has 1 N–H and O–H groups in total. The van der Waals surface area contributed by atoms with Crippen LogP contribution in [0.1, 0.15) is 31.2 Å². The third-order valence-corrected chi connectivity index (χ3v) is 5.39. The minimum atomic E-state index is 1.14.